The highest BCUT2D eigenvalue weighted by Crippen LogP contribution is 2.77. The third-order valence-electron chi connectivity index (χ3n) is 10.4. The van der Waals surface area contributed by atoms with Crippen LogP contribution in [0.5, 0.6) is 11.5 Å². The van der Waals surface area contributed by atoms with Crippen LogP contribution in [0, 0.1) is 16.7 Å². The molecule has 1 aromatic carbocycles. The van der Waals surface area contributed by atoms with Crippen molar-refractivity contribution in [3.05, 3.63) is 23.3 Å². The van der Waals surface area contributed by atoms with Crippen LogP contribution in [-0.4, -0.2) is 47.2 Å². The zero-order valence-electron chi connectivity index (χ0n) is 18.8. The second kappa shape index (κ2) is 5.36. The first-order valence-corrected chi connectivity index (χ1v) is 11.6. The van der Waals surface area contributed by atoms with Gasteiger partial charge in [-0.3, -0.25) is 0 Å². The summed E-state index contributed by atoms with van der Waals surface area (Å²) in [7, 11) is 1.80. The van der Waals surface area contributed by atoms with Gasteiger partial charge in [-0.1, -0.05) is 26.8 Å². The Bertz CT molecular complexity index is 936. The number of piperidine rings is 1. The molecule has 7 rings (SSSR count). The van der Waals surface area contributed by atoms with Gasteiger partial charge in [0, 0.05) is 35.5 Å². The Morgan fingerprint density at radius 1 is 1.17 bits per heavy atom. The minimum absolute atomic E-state index is 0.0160. The minimum Gasteiger partial charge on any atom is -0.504 e. The van der Waals surface area contributed by atoms with E-state index in [9.17, 15) is 10.2 Å². The molecule has 4 aliphatic carbocycles. The normalized spacial score (nSPS) is 44.9. The molecular weight excluding hydrogens is 378 g/mol. The highest BCUT2D eigenvalue weighted by molar-refractivity contribution is 5.63. The molecule has 3 N–H and O–H groups in total. The van der Waals surface area contributed by atoms with Crippen molar-refractivity contribution in [1.29, 1.82) is 0 Å². The van der Waals surface area contributed by atoms with Gasteiger partial charge < -0.3 is 25.0 Å². The molecule has 7 atom stereocenters. The average molecular weight is 414 g/mol. The number of aliphatic hydroxyl groups is 1. The van der Waals surface area contributed by atoms with E-state index in [4.69, 9.17) is 9.47 Å². The second-order valence-electron chi connectivity index (χ2n) is 11.8. The molecule has 2 spiro atoms. The third-order valence-corrected chi connectivity index (χ3v) is 10.4. The topological polar surface area (TPSA) is 71.0 Å². The monoisotopic (exact) mass is 413 g/mol. The van der Waals surface area contributed by atoms with Gasteiger partial charge in [0.05, 0.1) is 5.60 Å². The zero-order valence-corrected chi connectivity index (χ0v) is 18.8. The van der Waals surface area contributed by atoms with Gasteiger partial charge in [0.15, 0.2) is 11.5 Å². The smallest absolute Gasteiger partial charge is 0.165 e. The van der Waals surface area contributed by atoms with Gasteiger partial charge in [-0.05, 0) is 62.6 Å². The molecule has 30 heavy (non-hydrogen) atoms. The number of benzene rings is 1. The fourth-order valence-corrected chi connectivity index (χ4v) is 8.53. The molecule has 0 aromatic heterocycles. The van der Waals surface area contributed by atoms with Crippen molar-refractivity contribution in [1.82, 2.24) is 5.32 Å². The number of rotatable bonds is 2. The van der Waals surface area contributed by atoms with Gasteiger partial charge in [0.25, 0.3) is 0 Å². The lowest BCUT2D eigenvalue weighted by Gasteiger charge is -2.74. The van der Waals surface area contributed by atoms with Crippen molar-refractivity contribution in [2.24, 2.45) is 16.7 Å². The van der Waals surface area contributed by atoms with Crippen molar-refractivity contribution in [3.63, 3.8) is 0 Å². The highest BCUT2D eigenvalue weighted by Gasteiger charge is 2.81. The van der Waals surface area contributed by atoms with E-state index in [1.54, 1.807) is 13.2 Å². The fourth-order valence-electron chi connectivity index (χ4n) is 8.53. The summed E-state index contributed by atoms with van der Waals surface area (Å²) in [5.74, 6) is 0.887. The molecule has 164 valence electrons. The number of phenolic OH excluding ortho intramolecular Hbond substituents is 1. The highest BCUT2D eigenvalue weighted by atomic mass is 16.6. The number of fused-ring (bicyclic) bond motifs is 2. The Balaban J connectivity index is 1.65. The van der Waals surface area contributed by atoms with Crippen LogP contribution in [0.25, 0.3) is 0 Å². The number of nitrogens with one attached hydrogen (secondary N) is 1. The predicted molar refractivity (Wildman–Crippen MR) is 114 cm³/mol. The number of methoxy groups -OCH3 is 1. The van der Waals surface area contributed by atoms with Crippen molar-refractivity contribution in [2.75, 3.05) is 13.7 Å². The molecule has 6 aliphatic rings. The van der Waals surface area contributed by atoms with Crippen LogP contribution in [0.3, 0.4) is 0 Å². The van der Waals surface area contributed by atoms with E-state index >= 15 is 0 Å². The molecular formula is C25H35NO4. The van der Waals surface area contributed by atoms with Crippen LogP contribution in [0.2, 0.25) is 0 Å². The Labute approximate surface area is 179 Å². The number of aromatic hydroxyl groups is 1. The van der Waals surface area contributed by atoms with E-state index < -0.39 is 11.2 Å². The van der Waals surface area contributed by atoms with Crippen LogP contribution in [-0.2, 0) is 16.6 Å². The molecule has 0 amide bonds. The van der Waals surface area contributed by atoms with Gasteiger partial charge in [-0.2, -0.15) is 0 Å². The van der Waals surface area contributed by atoms with Crippen LogP contribution in [0.1, 0.15) is 64.5 Å². The minimum atomic E-state index is -0.910. The number of phenols is 1. The summed E-state index contributed by atoms with van der Waals surface area (Å²) >= 11 is 0. The van der Waals surface area contributed by atoms with Crippen molar-refractivity contribution < 1.29 is 19.7 Å². The SMILES string of the molecule is COC12CCC3(C[C@@H]1[C@](C)(O)C(C)(C)C)[C@H]1Cc4ccc(O)c5c4[C@@]3(CCN1)[C@H]2O5. The predicted octanol–water partition coefficient (Wildman–Crippen LogP) is 3.29. The third kappa shape index (κ3) is 1.77. The van der Waals surface area contributed by atoms with Crippen LogP contribution in [0.15, 0.2) is 12.1 Å². The lowest BCUT2D eigenvalue weighted by Crippen LogP contribution is -2.83. The summed E-state index contributed by atoms with van der Waals surface area (Å²) in [6, 6.07) is 4.26. The molecule has 5 heteroatoms. The maximum atomic E-state index is 12.0. The van der Waals surface area contributed by atoms with Crippen molar-refractivity contribution in [2.45, 2.75) is 88.6 Å². The molecule has 0 radical (unpaired) electrons. The van der Waals surface area contributed by atoms with E-state index in [1.807, 2.05) is 6.92 Å². The van der Waals surface area contributed by atoms with Crippen LogP contribution < -0.4 is 10.1 Å². The van der Waals surface area contributed by atoms with Gasteiger partial charge in [-0.15, -0.1) is 0 Å². The Kier molecular flexibility index (Phi) is 3.46. The molecule has 5 nitrogen and oxygen atoms in total. The van der Waals surface area contributed by atoms with Crippen LogP contribution in [0.4, 0.5) is 0 Å². The van der Waals surface area contributed by atoms with Gasteiger partial charge in [0.2, 0.25) is 0 Å². The summed E-state index contributed by atoms with van der Waals surface area (Å²) in [6.45, 7) is 9.33. The maximum Gasteiger partial charge on any atom is 0.165 e. The number of hydrogen-bond donors (Lipinski definition) is 3. The van der Waals surface area contributed by atoms with Crippen molar-refractivity contribution >= 4 is 0 Å². The number of ether oxygens (including phenoxy) is 2. The summed E-state index contributed by atoms with van der Waals surface area (Å²) < 4.78 is 13.2. The van der Waals surface area contributed by atoms with E-state index in [-0.39, 0.29) is 34.0 Å². The number of hydrogen-bond acceptors (Lipinski definition) is 5. The molecule has 2 aliphatic heterocycles. The molecule has 1 saturated heterocycles. The zero-order chi connectivity index (χ0) is 21.3. The Morgan fingerprint density at radius 2 is 1.93 bits per heavy atom. The molecule has 2 unspecified atom stereocenters. The van der Waals surface area contributed by atoms with Gasteiger partial charge in [0.1, 0.15) is 11.7 Å². The molecule has 4 fully saturated rings. The Morgan fingerprint density at radius 3 is 2.63 bits per heavy atom. The summed E-state index contributed by atoms with van der Waals surface area (Å²) in [5, 5.41) is 26.6. The molecule has 1 aromatic rings. The standard InChI is InChI=1S/C25H35NO4/c1-21(2,3)22(4,28)16-13-23-8-9-25(16,29-5)20-24(23)10-11-26-17(23)12-14-6-7-15(27)19(30-20)18(14)24/h6-7,16-17,20,26-28H,8-13H2,1-5H3/t16-,17-,20-,22+,23?,24+,25?/m1/s1. The first kappa shape index (κ1) is 19.4. The molecule has 4 bridgehead atoms. The average Bonchev–Trinajstić information content (AvgIpc) is 3.05. The fraction of sp³-hybridized carbons (Fsp3) is 0.760. The molecule has 3 saturated carbocycles. The summed E-state index contributed by atoms with van der Waals surface area (Å²) in [6.07, 6.45) is 4.66. The van der Waals surface area contributed by atoms with E-state index in [0.717, 1.165) is 38.6 Å². The first-order valence-electron chi connectivity index (χ1n) is 11.6. The quantitative estimate of drug-likeness (QED) is 0.694. The second-order valence-corrected chi connectivity index (χ2v) is 11.8. The lowest BCUT2D eigenvalue weighted by atomic mass is 9.33. The Hall–Kier alpha value is -1.30. The van der Waals surface area contributed by atoms with E-state index in [1.165, 1.54) is 11.1 Å². The van der Waals surface area contributed by atoms with Crippen LogP contribution >= 0.6 is 0 Å². The maximum absolute atomic E-state index is 12.0. The summed E-state index contributed by atoms with van der Waals surface area (Å²) in [5.41, 5.74) is 0.658. The summed E-state index contributed by atoms with van der Waals surface area (Å²) in [4.78, 5) is 0. The van der Waals surface area contributed by atoms with Gasteiger partial charge >= 0.3 is 0 Å². The van der Waals surface area contributed by atoms with E-state index in [0.29, 0.717) is 11.8 Å². The first-order chi connectivity index (χ1) is 14.1. The lowest BCUT2D eigenvalue weighted by molar-refractivity contribution is -0.303. The van der Waals surface area contributed by atoms with E-state index in [2.05, 4.69) is 32.2 Å². The largest absolute Gasteiger partial charge is 0.504 e. The van der Waals surface area contributed by atoms with Crippen molar-refractivity contribution in [3.8, 4) is 11.5 Å². The van der Waals surface area contributed by atoms with Gasteiger partial charge in [-0.25, -0.2) is 0 Å². The molecule has 2 heterocycles.